The normalized spacial score (nSPS) is 17.9. The summed E-state index contributed by atoms with van der Waals surface area (Å²) in [7, 11) is 0. The van der Waals surface area contributed by atoms with Gasteiger partial charge >= 0.3 is 0 Å². The summed E-state index contributed by atoms with van der Waals surface area (Å²) in [4.78, 5) is 27.0. The first-order valence-electron chi connectivity index (χ1n) is 9.64. The second-order valence-corrected chi connectivity index (χ2v) is 7.48. The number of nitrogens with zero attached hydrogens (tertiary/aromatic N) is 1. The first kappa shape index (κ1) is 19.3. The van der Waals surface area contributed by atoms with Gasteiger partial charge in [-0.1, -0.05) is 60.7 Å². The van der Waals surface area contributed by atoms with Gasteiger partial charge in [0.15, 0.2) is 0 Å². The van der Waals surface area contributed by atoms with Gasteiger partial charge in [-0.15, -0.1) is 0 Å². The molecule has 0 bridgehead atoms. The van der Waals surface area contributed by atoms with Crippen molar-refractivity contribution in [1.82, 2.24) is 10.2 Å². The lowest BCUT2D eigenvalue weighted by molar-refractivity contribution is -0.125. The molecule has 142 valence electrons. The Morgan fingerprint density at radius 3 is 2.11 bits per heavy atom. The molecule has 4 nitrogen and oxygen atoms in total. The minimum absolute atomic E-state index is 0.0101. The number of carbonyl (C=O) groups excluding carboxylic acids is 2. The monoisotopic (exact) mass is 364 g/mol. The van der Waals surface area contributed by atoms with E-state index in [4.69, 9.17) is 0 Å². The van der Waals surface area contributed by atoms with E-state index in [9.17, 15) is 9.59 Å². The summed E-state index contributed by atoms with van der Waals surface area (Å²) in [6.45, 7) is 5.57. The van der Waals surface area contributed by atoms with Crippen LogP contribution < -0.4 is 5.32 Å². The van der Waals surface area contributed by atoms with E-state index in [0.29, 0.717) is 6.54 Å². The first-order chi connectivity index (χ1) is 13.0. The van der Waals surface area contributed by atoms with Crippen LogP contribution in [0.25, 0.3) is 0 Å². The van der Waals surface area contributed by atoms with Crippen LogP contribution in [-0.4, -0.2) is 36.2 Å². The minimum atomic E-state index is -0.411. The van der Waals surface area contributed by atoms with Crippen LogP contribution in [0, 0.1) is 0 Å². The number of ketones is 1. The third kappa shape index (κ3) is 4.45. The summed E-state index contributed by atoms with van der Waals surface area (Å²) in [5.41, 5.74) is 1.79. The lowest BCUT2D eigenvalue weighted by Crippen LogP contribution is -2.49. The molecule has 1 N–H and O–H groups in total. The summed E-state index contributed by atoms with van der Waals surface area (Å²) in [6.07, 6.45) is 1.52. The van der Waals surface area contributed by atoms with Crippen molar-refractivity contribution >= 4 is 11.7 Å². The lowest BCUT2D eigenvalue weighted by Gasteiger charge is -2.40. The predicted molar refractivity (Wildman–Crippen MR) is 107 cm³/mol. The Bertz CT molecular complexity index is 765. The van der Waals surface area contributed by atoms with Crippen LogP contribution in [0.1, 0.15) is 43.9 Å². The van der Waals surface area contributed by atoms with Gasteiger partial charge in [0, 0.05) is 0 Å². The fourth-order valence-electron chi connectivity index (χ4n) is 4.01. The molecule has 1 fully saturated rings. The number of amides is 1. The van der Waals surface area contributed by atoms with Crippen molar-refractivity contribution in [3.63, 3.8) is 0 Å². The van der Waals surface area contributed by atoms with Gasteiger partial charge in [-0.3, -0.25) is 14.5 Å². The number of nitrogens with one attached hydrogen (secondary N) is 1. The zero-order chi connectivity index (χ0) is 19.3. The molecule has 0 saturated carbocycles. The SMILES string of the molecule is CC(=O)C1(c2ccccc2)CCN(CC(=O)NC(C)c2ccccc2)CC1. The van der Waals surface area contributed by atoms with Gasteiger partial charge < -0.3 is 5.32 Å². The van der Waals surface area contributed by atoms with E-state index in [1.54, 1.807) is 6.92 Å². The molecule has 1 saturated heterocycles. The molecule has 1 unspecified atom stereocenters. The Morgan fingerprint density at radius 2 is 1.56 bits per heavy atom. The second kappa shape index (κ2) is 8.49. The smallest absolute Gasteiger partial charge is 0.234 e. The van der Waals surface area contributed by atoms with Gasteiger partial charge in [0.2, 0.25) is 5.91 Å². The second-order valence-electron chi connectivity index (χ2n) is 7.48. The molecule has 3 rings (SSSR count). The molecular weight excluding hydrogens is 336 g/mol. The maximum atomic E-state index is 12.5. The Hall–Kier alpha value is -2.46. The van der Waals surface area contributed by atoms with Gasteiger partial charge in [-0.2, -0.15) is 0 Å². The molecule has 1 heterocycles. The largest absolute Gasteiger partial charge is 0.348 e. The average molecular weight is 364 g/mol. The number of hydrogen-bond donors (Lipinski definition) is 1. The number of piperidine rings is 1. The minimum Gasteiger partial charge on any atom is -0.348 e. The molecule has 1 aliphatic rings. The fraction of sp³-hybridized carbons (Fsp3) is 0.391. The van der Waals surface area contributed by atoms with Crippen molar-refractivity contribution in [2.45, 2.75) is 38.1 Å². The van der Waals surface area contributed by atoms with Crippen LogP contribution >= 0.6 is 0 Å². The lowest BCUT2D eigenvalue weighted by atomic mass is 9.70. The maximum absolute atomic E-state index is 12.5. The molecule has 0 aromatic heterocycles. The molecule has 0 radical (unpaired) electrons. The number of rotatable bonds is 6. The fourth-order valence-corrected chi connectivity index (χ4v) is 4.01. The first-order valence-corrected chi connectivity index (χ1v) is 9.64. The van der Waals surface area contributed by atoms with E-state index in [-0.39, 0.29) is 17.7 Å². The molecule has 2 aromatic carbocycles. The van der Waals surface area contributed by atoms with E-state index in [2.05, 4.69) is 10.2 Å². The van der Waals surface area contributed by atoms with Crippen LogP contribution in [0.4, 0.5) is 0 Å². The van der Waals surface area contributed by atoms with Crippen molar-refractivity contribution in [1.29, 1.82) is 0 Å². The highest BCUT2D eigenvalue weighted by atomic mass is 16.2. The highest BCUT2D eigenvalue weighted by molar-refractivity contribution is 5.88. The molecule has 1 aliphatic heterocycles. The standard InChI is InChI=1S/C23H28N2O2/c1-18(20-9-5-3-6-10-20)24-22(27)17-25-15-13-23(14-16-25,19(2)26)21-11-7-4-8-12-21/h3-12,18H,13-17H2,1-2H3,(H,24,27). The van der Waals surface area contributed by atoms with Crippen LogP contribution in [0.15, 0.2) is 60.7 Å². The summed E-state index contributed by atoms with van der Waals surface area (Å²) in [5.74, 6) is 0.247. The van der Waals surface area contributed by atoms with Crippen molar-refractivity contribution in [2.24, 2.45) is 0 Å². The third-order valence-corrected chi connectivity index (χ3v) is 5.75. The zero-order valence-electron chi connectivity index (χ0n) is 16.2. The summed E-state index contributed by atoms with van der Waals surface area (Å²) < 4.78 is 0. The highest BCUT2D eigenvalue weighted by Crippen LogP contribution is 2.36. The van der Waals surface area contributed by atoms with Crippen LogP contribution in [0.3, 0.4) is 0 Å². The van der Waals surface area contributed by atoms with E-state index < -0.39 is 5.41 Å². The third-order valence-electron chi connectivity index (χ3n) is 5.75. The van der Waals surface area contributed by atoms with Crippen LogP contribution in [0.2, 0.25) is 0 Å². The number of benzene rings is 2. The molecule has 1 atom stereocenters. The van der Waals surface area contributed by atoms with Crippen molar-refractivity contribution in [2.75, 3.05) is 19.6 Å². The van der Waals surface area contributed by atoms with E-state index in [1.165, 1.54) is 0 Å². The molecule has 0 aliphatic carbocycles. The predicted octanol–water partition coefficient (Wildman–Crippen LogP) is 3.49. The maximum Gasteiger partial charge on any atom is 0.234 e. The molecule has 4 heteroatoms. The Balaban J connectivity index is 1.57. The molecule has 0 spiro atoms. The topological polar surface area (TPSA) is 49.4 Å². The van der Waals surface area contributed by atoms with E-state index in [1.807, 2.05) is 67.6 Å². The summed E-state index contributed by atoms with van der Waals surface area (Å²) >= 11 is 0. The Kier molecular flexibility index (Phi) is 6.07. The summed E-state index contributed by atoms with van der Waals surface area (Å²) in [5, 5.41) is 3.07. The van der Waals surface area contributed by atoms with Gasteiger partial charge in [-0.05, 0) is 50.9 Å². The number of Topliss-reactive ketones (excluding diaryl/α,β-unsaturated/α-hetero) is 1. The quantitative estimate of drug-likeness (QED) is 0.854. The number of carbonyl (C=O) groups is 2. The van der Waals surface area contributed by atoms with E-state index >= 15 is 0 Å². The molecule has 2 aromatic rings. The number of hydrogen-bond acceptors (Lipinski definition) is 3. The molecule has 1 amide bonds. The van der Waals surface area contributed by atoms with E-state index in [0.717, 1.165) is 37.1 Å². The zero-order valence-corrected chi connectivity index (χ0v) is 16.2. The van der Waals surface area contributed by atoms with Crippen LogP contribution in [-0.2, 0) is 15.0 Å². The van der Waals surface area contributed by atoms with Crippen molar-refractivity contribution < 1.29 is 9.59 Å². The summed E-state index contributed by atoms with van der Waals surface area (Å²) in [6, 6.07) is 20.0. The van der Waals surface area contributed by atoms with Gasteiger partial charge in [-0.25, -0.2) is 0 Å². The highest BCUT2D eigenvalue weighted by Gasteiger charge is 2.40. The van der Waals surface area contributed by atoms with Gasteiger partial charge in [0.1, 0.15) is 5.78 Å². The van der Waals surface area contributed by atoms with Gasteiger partial charge in [0.25, 0.3) is 0 Å². The van der Waals surface area contributed by atoms with Gasteiger partial charge in [0.05, 0.1) is 18.0 Å². The molecular formula is C23H28N2O2. The van der Waals surface area contributed by atoms with Crippen molar-refractivity contribution in [3.05, 3.63) is 71.8 Å². The number of likely N-dealkylation sites (tertiary alicyclic amines) is 1. The van der Waals surface area contributed by atoms with Crippen LogP contribution in [0.5, 0.6) is 0 Å². The molecule has 27 heavy (non-hydrogen) atoms. The average Bonchev–Trinajstić information content (AvgIpc) is 2.69. The Labute approximate surface area is 161 Å². The Morgan fingerprint density at radius 1 is 1.00 bits per heavy atom. The van der Waals surface area contributed by atoms with Crippen molar-refractivity contribution in [3.8, 4) is 0 Å².